The molecule has 3 rings (SSSR count). The van der Waals surface area contributed by atoms with Crippen molar-refractivity contribution in [1.82, 2.24) is 10.6 Å². The summed E-state index contributed by atoms with van der Waals surface area (Å²) in [5.74, 6) is -6.11. The van der Waals surface area contributed by atoms with Gasteiger partial charge in [-0.05, 0) is 38.5 Å². The molecule has 0 aromatic carbocycles. The van der Waals surface area contributed by atoms with Gasteiger partial charge >= 0.3 is 5.97 Å². The molecule has 3 fully saturated rings. The highest BCUT2D eigenvalue weighted by Crippen LogP contribution is 2.38. The number of carboxylic acids is 1. The van der Waals surface area contributed by atoms with Crippen LogP contribution < -0.4 is 10.6 Å². The molecule has 0 aliphatic carbocycles. The lowest BCUT2D eigenvalue weighted by molar-refractivity contribution is -0.386. The molecule has 23 nitrogen and oxygen atoms in total. The first-order chi connectivity index (χ1) is 39.4. The molecular weight excluding hydrogens is 1070 g/mol. The van der Waals surface area contributed by atoms with Crippen LogP contribution in [0.5, 0.6) is 0 Å². The summed E-state index contributed by atoms with van der Waals surface area (Å²) in [6.07, 6.45) is 5.24. The first kappa shape index (κ1) is 73.7. The summed E-state index contributed by atoms with van der Waals surface area (Å²) in [5.41, 5.74) is 0. The molecule has 14 N–H and O–H groups in total. The van der Waals surface area contributed by atoms with Gasteiger partial charge in [-0.2, -0.15) is 0 Å². The van der Waals surface area contributed by atoms with Crippen LogP contribution in [0.4, 0.5) is 0 Å². The summed E-state index contributed by atoms with van der Waals surface area (Å²) in [6, 6.07) is -2.53. The lowest BCUT2D eigenvalue weighted by atomic mass is 9.88. The Bertz CT molecular complexity index is 1740. The van der Waals surface area contributed by atoms with Crippen molar-refractivity contribution in [3.05, 3.63) is 12.2 Å². The highest BCUT2D eigenvalue weighted by molar-refractivity contribution is 5.77. The van der Waals surface area contributed by atoms with Crippen LogP contribution in [0.15, 0.2) is 12.2 Å². The van der Waals surface area contributed by atoms with Crippen LogP contribution in [0.25, 0.3) is 0 Å². The highest BCUT2D eigenvalue weighted by Gasteiger charge is 2.60. The average molecular weight is 1180 g/mol. The third kappa shape index (κ3) is 25.4. The number of rotatable bonds is 45. The van der Waals surface area contributed by atoms with Crippen LogP contribution in [-0.4, -0.2) is 215 Å². The molecule has 18 unspecified atom stereocenters. The second-order valence-electron chi connectivity index (χ2n) is 22.9. The number of aliphatic carboxylic acids is 1. The second-order valence-corrected chi connectivity index (χ2v) is 22.9. The van der Waals surface area contributed by atoms with Gasteiger partial charge in [0.25, 0.3) is 5.79 Å². The number of hydrogen-bond acceptors (Lipinski definition) is 20. The third-order valence-electron chi connectivity index (χ3n) is 16.0. The summed E-state index contributed by atoms with van der Waals surface area (Å²) in [6.45, 7) is 2.14. The topological polar surface area (TPSA) is 373 Å². The Morgan fingerprint density at radius 1 is 0.622 bits per heavy atom. The zero-order valence-corrected chi connectivity index (χ0v) is 49.3. The van der Waals surface area contributed by atoms with Gasteiger partial charge in [-0.25, -0.2) is 4.79 Å². The SMILES string of the molecule is CCCCC/C=C\CCCCCCCC(=O)NC(COC1OC(CO)C(OC2OC(CO)C(O)C(OC3(C(=O)O)CC(O)C(NC(C)=O)C(C(O)C(O)CO)O3)C2O)C(O)C1O)C(O)CCCCCCCCCCCCCCCCCC. The van der Waals surface area contributed by atoms with Crippen LogP contribution in [0.1, 0.15) is 207 Å². The van der Waals surface area contributed by atoms with Crippen molar-refractivity contribution in [2.45, 2.75) is 317 Å². The first-order valence-corrected chi connectivity index (χ1v) is 31.0. The van der Waals surface area contributed by atoms with E-state index in [1.807, 2.05) is 0 Å². The number of nitrogens with one attached hydrogen (secondary N) is 2. The molecule has 3 heterocycles. The fourth-order valence-electron chi connectivity index (χ4n) is 10.9. The fourth-order valence-corrected chi connectivity index (χ4v) is 10.9. The Hall–Kier alpha value is -2.53. The molecule has 18 atom stereocenters. The summed E-state index contributed by atoms with van der Waals surface area (Å²) < 4.78 is 34.7. The number of ether oxygens (including phenoxy) is 6. The van der Waals surface area contributed by atoms with Gasteiger partial charge in [-0.1, -0.05) is 161 Å². The zero-order valence-electron chi connectivity index (χ0n) is 49.3. The van der Waals surface area contributed by atoms with Gasteiger partial charge in [0.15, 0.2) is 12.6 Å². The predicted octanol–water partition coefficient (Wildman–Crippen LogP) is 3.17. The van der Waals surface area contributed by atoms with Crippen LogP contribution in [0.3, 0.4) is 0 Å². The van der Waals surface area contributed by atoms with E-state index in [-0.39, 0.29) is 18.9 Å². The Kier molecular flexibility index (Phi) is 37.4. The molecule has 23 heteroatoms. The number of carboxylic acid groups (broad SMARTS) is 1. The molecule has 82 heavy (non-hydrogen) atoms. The molecule has 480 valence electrons. The molecule has 3 aliphatic rings. The maximum absolute atomic E-state index is 13.4. The summed E-state index contributed by atoms with van der Waals surface area (Å²) in [7, 11) is 0. The van der Waals surface area contributed by atoms with Crippen molar-refractivity contribution in [2.24, 2.45) is 0 Å². The van der Waals surface area contributed by atoms with E-state index < -0.39 is 148 Å². The van der Waals surface area contributed by atoms with E-state index in [0.29, 0.717) is 19.3 Å². The summed E-state index contributed by atoms with van der Waals surface area (Å²) in [4.78, 5) is 38.4. The van der Waals surface area contributed by atoms with E-state index in [4.69, 9.17) is 28.4 Å². The van der Waals surface area contributed by atoms with E-state index >= 15 is 0 Å². The van der Waals surface area contributed by atoms with E-state index in [1.165, 1.54) is 89.9 Å². The Morgan fingerprint density at radius 3 is 1.67 bits per heavy atom. The quantitative estimate of drug-likeness (QED) is 0.0307. The standard InChI is InChI=1S/C59H108N2O21/c1-4-6-8-10-12-14-16-18-19-20-21-22-24-26-28-30-32-41(66)40(61-46(69)33-31-29-27-25-23-17-15-13-11-9-7-5-2)38-77-56-51(73)50(72)53(45(37-64)79-56)80-57-52(74)55(49(71)44(36-63)78-57)82-59(58(75)76)34-42(67)47(60-39(3)65)54(81-59)48(70)43(68)35-62/h13,15,40-45,47-57,62-64,66-68,70-74H,4-12,14,16-38H2,1-3H3,(H,60,65)(H,61,69)(H,75,76)/b15-13-. The summed E-state index contributed by atoms with van der Waals surface area (Å²) in [5, 5.41) is 136. The zero-order chi connectivity index (χ0) is 60.5. The lowest BCUT2D eigenvalue weighted by Crippen LogP contribution is -2.70. The van der Waals surface area contributed by atoms with Crippen LogP contribution in [0.2, 0.25) is 0 Å². The van der Waals surface area contributed by atoms with Crippen LogP contribution in [0, 0.1) is 0 Å². The number of carbonyl (C=O) groups excluding carboxylic acids is 2. The Labute approximate surface area is 486 Å². The number of unbranched alkanes of at least 4 members (excludes halogenated alkanes) is 23. The largest absolute Gasteiger partial charge is 0.477 e. The van der Waals surface area contributed by atoms with Crippen molar-refractivity contribution in [1.29, 1.82) is 0 Å². The highest BCUT2D eigenvalue weighted by atomic mass is 16.8. The van der Waals surface area contributed by atoms with Gasteiger partial charge in [0.05, 0.1) is 50.7 Å². The molecular formula is C59H108N2O21. The molecule has 3 aliphatic heterocycles. The van der Waals surface area contributed by atoms with Crippen LogP contribution >= 0.6 is 0 Å². The molecule has 0 aromatic heterocycles. The first-order valence-electron chi connectivity index (χ1n) is 31.0. The van der Waals surface area contributed by atoms with Gasteiger partial charge in [0.1, 0.15) is 67.1 Å². The lowest BCUT2D eigenvalue weighted by Gasteiger charge is -2.50. The minimum Gasteiger partial charge on any atom is -0.477 e. The number of hydrogen-bond donors (Lipinski definition) is 14. The minimum atomic E-state index is -3.08. The molecule has 0 saturated carbocycles. The maximum atomic E-state index is 13.4. The Morgan fingerprint density at radius 2 is 1.13 bits per heavy atom. The van der Waals surface area contributed by atoms with Gasteiger partial charge in [-0.15, -0.1) is 0 Å². The van der Waals surface area contributed by atoms with Gasteiger partial charge in [0, 0.05) is 19.8 Å². The number of amides is 2. The van der Waals surface area contributed by atoms with E-state index in [0.717, 1.165) is 71.1 Å². The average Bonchev–Trinajstić information content (AvgIpc) is 3.56. The molecule has 0 radical (unpaired) electrons. The predicted molar refractivity (Wildman–Crippen MR) is 301 cm³/mol. The smallest absolute Gasteiger partial charge is 0.364 e. The molecule has 2 amide bonds. The van der Waals surface area contributed by atoms with E-state index in [1.54, 1.807) is 0 Å². The van der Waals surface area contributed by atoms with Gasteiger partial charge < -0.3 is 100 Å². The second kappa shape index (κ2) is 41.5. The van der Waals surface area contributed by atoms with Crippen molar-refractivity contribution in [3.63, 3.8) is 0 Å². The van der Waals surface area contributed by atoms with E-state index in [9.17, 15) is 75.7 Å². The minimum absolute atomic E-state index is 0.214. The number of aliphatic hydroxyl groups is 11. The number of allylic oxidation sites excluding steroid dienone is 2. The van der Waals surface area contributed by atoms with Crippen molar-refractivity contribution < 1.29 is 104 Å². The van der Waals surface area contributed by atoms with Crippen molar-refractivity contribution >= 4 is 17.8 Å². The molecule has 0 aromatic rings. The summed E-state index contributed by atoms with van der Waals surface area (Å²) >= 11 is 0. The number of carbonyl (C=O) groups is 3. The fraction of sp³-hybridized carbons (Fsp3) is 0.915. The monoisotopic (exact) mass is 1180 g/mol. The normalized spacial score (nSPS) is 30.2. The number of aliphatic hydroxyl groups excluding tert-OH is 11. The van der Waals surface area contributed by atoms with E-state index in [2.05, 4.69) is 36.6 Å². The maximum Gasteiger partial charge on any atom is 0.364 e. The molecule has 0 bridgehead atoms. The van der Waals surface area contributed by atoms with Gasteiger partial charge in [0.2, 0.25) is 11.8 Å². The van der Waals surface area contributed by atoms with Crippen LogP contribution in [-0.2, 0) is 42.8 Å². The third-order valence-corrected chi connectivity index (χ3v) is 16.0. The van der Waals surface area contributed by atoms with Crippen molar-refractivity contribution in [3.8, 4) is 0 Å². The molecule has 0 spiro atoms. The Balaban J connectivity index is 1.66. The van der Waals surface area contributed by atoms with Gasteiger partial charge in [-0.3, -0.25) is 9.59 Å². The van der Waals surface area contributed by atoms with Crippen molar-refractivity contribution in [2.75, 3.05) is 26.4 Å². The molecule has 3 saturated heterocycles.